The van der Waals surface area contributed by atoms with Crippen molar-refractivity contribution in [3.63, 3.8) is 0 Å². The van der Waals surface area contributed by atoms with Crippen molar-refractivity contribution in [1.82, 2.24) is 0 Å². The van der Waals surface area contributed by atoms with Gasteiger partial charge in [0.1, 0.15) is 0 Å². The number of hydrogen-bond acceptors (Lipinski definition) is 2. The Morgan fingerprint density at radius 1 is 0.900 bits per heavy atom. The molecule has 30 heavy (non-hydrogen) atoms. The van der Waals surface area contributed by atoms with Crippen LogP contribution in [0.5, 0.6) is 0 Å². The third-order valence-corrected chi connectivity index (χ3v) is 21.0. The summed E-state index contributed by atoms with van der Waals surface area (Å²) < 4.78 is 8.72. The van der Waals surface area contributed by atoms with Gasteiger partial charge in [0.2, 0.25) is 0 Å². The summed E-state index contributed by atoms with van der Waals surface area (Å²) in [6.07, 6.45) is 4.87. The van der Waals surface area contributed by atoms with Crippen LogP contribution in [0.1, 0.15) is 28.4 Å². The fraction of sp³-hybridized carbons (Fsp3) is 0.0833. The van der Waals surface area contributed by atoms with Crippen molar-refractivity contribution in [3.05, 3.63) is 99.2 Å². The van der Waals surface area contributed by atoms with Gasteiger partial charge in [-0.3, -0.25) is 0 Å². The maximum atomic E-state index is 7.53. The maximum absolute atomic E-state index is 7.53. The van der Waals surface area contributed by atoms with Crippen molar-refractivity contribution >= 4 is 55.0 Å². The van der Waals surface area contributed by atoms with Crippen LogP contribution < -0.4 is 6.54 Å². The minimum absolute atomic E-state index is 0.188. The first kappa shape index (κ1) is 19.9. The van der Waals surface area contributed by atoms with Crippen molar-refractivity contribution < 1.29 is 19.7 Å². The molecule has 3 aromatic carbocycles. The Morgan fingerprint density at radius 3 is 2.50 bits per heavy atom. The quantitative estimate of drug-likeness (QED) is 0.253. The van der Waals surface area contributed by atoms with E-state index in [1.165, 1.54) is 16.7 Å². The molecule has 3 aromatic rings. The molecule has 0 radical (unpaired) electrons. The fourth-order valence-corrected chi connectivity index (χ4v) is 17.7. The number of benzene rings is 3. The van der Waals surface area contributed by atoms with Gasteiger partial charge in [-0.2, -0.15) is 0 Å². The van der Waals surface area contributed by atoms with Gasteiger partial charge >= 0.3 is 198 Å². The summed E-state index contributed by atoms with van der Waals surface area (Å²) in [5.41, 5.74) is 8.21. The molecule has 0 amide bonds. The first-order valence-corrected chi connectivity index (χ1v) is 23.1. The van der Waals surface area contributed by atoms with Crippen LogP contribution in [-0.2, 0) is 26.1 Å². The van der Waals surface area contributed by atoms with Crippen molar-refractivity contribution in [2.75, 3.05) is 0 Å². The van der Waals surface area contributed by atoms with Gasteiger partial charge in [-0.1, -0.05) is 0 Å². The molecular formula is C24H16BrCl2OSZr. The summed E-state index contributed by atoms with van der Waals surface area (Å²) >= 11 is -1.49. The molecule has 0 aromatic heterocycles. The molecule has 1 aliphatic heterocycles. The molecule has 0 saturated carbocycles. The van der Waals surface area contributed by atoms with Crippen molar-refractivity contribution in [2.45, 2.75) is 12.5 Å². The third kappa shape index (κ3) is 2.77. The van der Waals surface area contributed by atoms with Crippen LogP contribution >= 0.6 is 42.3 Å². The topological polar surface area (TPSA) is 9.23 Å². The van der Waals surface area contributed by atoms with Crippen LogP contribution in [0.2, 0.25) is 0 Å². The molecule has 0 fully saturated rings. The Labute approximate surface area is 195 Å². The Morgan fingerprint density at radius 2 is 1.63 bits per heavy atom. The van der Waals surface area contributed by atoms with Gasteiger partial charge in [0.15, 0.2) is 0 Å². The Balaban J connectivity index is 1.60. The summed E-state index contributed by atoms with van der Waals surface area (Å²) in [6.45, 7) is 0. The van der Waals surface area contributed by atoms with Gasteiger partial charge in [0.05, 0.1) is 0 Å². The van der Waals surface area contributed by atoms with Crippen LogP contribution in [0.15, 0.2) is 77.0 Å². The Bertz CT molecular complexity index is 1320. The SMILES string of the molecule is [SH][Zr]([Cl])([Cl])([c]1cccc2c1-c1ccccc1C2)[c]1cccc2c1C1OC(Br)=CC1=C2. The molecule has 1 atom stereocenters. The van der Waals surface area contributed by atoms with Crippen LogP contribution in [-0.4, -0.2) is 0 Å². The average Bonchev–Trinajstić information content (AvgIpc) is 3.36. The second kappa shape index (κ2) is 6.62. The summed E-state index contributed by atoms with van der Waals surface area (Å²) in [5.74, 6) is 0. The van der Waals surface area contributed by atoms with Crippen LogP contribution in [0, 0.1) is 0 Å². The number of thiol groups is 1. The van der Waals surface area contributed by atoms with E-state index >= 15 is 0 Å². The zero-order valence-corrected chi connectivity index (χ0v) is 22.2. The zero-order chi connectivity index (χ0) is 20.7. The molecule has 6 heteroatoms. The summed E-state index contributed by atoms with van der Waals surface area (Å²) in [5, 5.41) is 0. The number of rotatable bonds is 2. The van der Waals surface area contributed by atoms with Crippen LogP contribution in [0.4, 0.5) is 0 Å². The predicted octanol–water partition coefficient (Wildman–Crippen LogP) is 6.76. The Hall–Kier alpha value is -0.767. The number of hydrogen-bond donors (Lipinski definition) is 1. The van der Waals surface area contributed by atoms with E-state index in [1.54, 1.807) is 0 Å². The van der Waals surface area contributed by atoms with E-state index in [9.17, 15) is 0 Å². The van der Waals surface area contributed by atoms with E-state index < -0.39 is 14.9 Å². The van der Waals surface area contributed by atoms with Crippen molar-refractivity contribution in [2.24, 2.45) is 0 Å². The van der Waals surface area contributed by atoms with E-state index in [0.29, 0.717) is 0 Å². The minimum atomic E-state index is -4.96. The summed E-state index contributed by atoms with van der Waals surface area (Å²) in [4.78, 5) is 0. The van der Waals surface area contributed by atoms with Crippen molar-refractivity contribution in [1.29, 1.82) is 0 Å². The third-order valence-electron chi connectivity index (χ3n) is 6.27. The van der Waals surface area contributed by atoms with Crippen molar-refractivity contribution in [3.8, 4) is 11.1 Å². The molecule has 2 aliphatic carbocycles. The van der Waals surface area contributed by atoms with Gasteiger partial charge in [0, 0.05) is 0 Å². The monoisotopic (exact) mass is 591 g/mol. The van der Waals surface area contributed by atoms with E-state index in [1.807, 2.05) is 18.2 Å². The molecule has 6 rings (SSSR count). The number of fused-ring (bicyclic) bond motifs is 6. The number of ether oxygens (including phenoxy) is 1. The second-order valence-electron chi connectivity index (χ2n) is 8.04. The molecule has 0 saturated heterocycles. The molecule has 0 N–H and O–H groups in total. The average molecular weight is 594 g/mol. The van der Waals surface area contributed by atoms with E-state index in [2.05, 4.69) is 70.5 Å². The van der Waals surface area contributed by atoms with E-state index in [-0.39, 0.29) is 6.10 Å². The molecule has 1 unspecified atom stereocenters. The fourth-order valence-electron chi connectivity index (χ4n) is 5.01. The molecule has 149 valence electrons. The van der Waals surface area contributed by atoms with Gasteiger partial charge in [-0.25, -0.2) is 0 Å². The first-order valence-electron chi connectivity index (χ1n) is 9.73. The molecule has 1 heterocycles. The molecule has 1 nitrogen and oxygen atoms in total. The van der Waals surface area contributed by atoms with Gasteiger partial charge in [-0.05, 0) is 0 Å². The number of halogens is 3. The molecule has 0 bridgehead atoms. The van der Waals surface area contributed by atoms with E-state index in [4.69, 9.17) is 31.1 Å². The van der Waals surface area contributed by atoms with Crippen LogP contribution in [0.25, 0.3) is 17.2 Å². The molecule has 0 spiro atoms. The second-order valence-corrected chi connectivity index (χ2v) is 34.7. The van der Waals surface area contributed by atoms with Gasteiger partial charge < -0.3 is 0 Å². The van der Waals surface area contributed by atoms with Crippen LogP contribution in [0.3, 0.4) is 0 Å². The first-order chi connectivity index (χ1) is 14.3. The Kier molecular flexibility index (Phi) is 4.39. The summed E-state index contributed by atoms with van der Waals surface area (Å²) in [7, 11) is 20.3. The van der Waals surface area contributed by atoms with Gasteiger partial charge in [0.25, 0.3) is 0 Å². The standard InChI is InChI=1S/C13H9.C11H6BrO.2ClH.H2S.Zr/c1-3-7-12-10(5-1)9-11-6-2-4-8-13(11)12;12-10-6-8-5-7-3-1-2-4-9(7)11(8)13-10;;;;/h1-7H,9H2;1-3,5-6,11H;2*1H;1H2;/q;;;;;+3/p-3. The predicted molar refractivity (Wildman–Crippen MR) is 130 cm³/mol. The van der Waals surface area contributed by atoms with Gasteiger partial charge in [-0.15, -0.1) is 0 Å². The summed E-state index contributed by atoms with van der Waals surface area (Å²) in [6, 6.07) is 21.0. The van der Waals surface area contributed by atoms with E-state index in [0.717, 1.165) is 39.9 Å². The normalized spacial score (nSPS) is 19.6. The zero-order valence-electron chi connectivity index (χ0n) is 15.7. The molecule has 3 aliphatic rings. The molecular weight excluding hydrogens is 578 g/mol.